The van der Waals surface area contributed by atoms with Gasteiger partial charge in [0, 0.05) is 25.3 Å². The van der Waals surface area contributed by atoms with Crippen molar-refractivity contribution in [3.63, 3.8) is 0 Å². The number of carbonyl (C=O) groups excluding carboxylic acids is 2. The van der Waals surface area contributed by atoms with E-state index in [1.54, 1.807) is 22.8 Å². The van der Waals surface area contributed by atoms with Crippen LogP contribution in [0.2, 0.25) is 0 Å². The molecule has 0 radical (unpaired) electrons. The minimum Gasteiger partial charge on any atom is -0.368 e. The topological polar surface area (TPSA) is 75.6 Å². The van der Waals surface area contributed by atoms with Crippen LogP contribution in [0.15, 0.2) is 36.1 Å². The SMILES string of the molecule is O=C(c1cncs1)N1CC(=O)N(C2CCCCC2)C[C@@H](OCc2ccccn2)C1. The van der Waals surface area contributed by atoms with Crippen LogP contribution in [-0.4, -0.2) is 63.4 Å². The summed E-state index contributed by atoms with van der Waals surface area (Å²) >= 11 is 1.29. The van der Waals surface area contributed by atoms with E-state index in [0.29, 0.717) is 24.6 Å². The predicted molar refractivity (Wildman–Crippen MR) is 109 cm³/mol. The van der Waals surface area contributed by atoms with Gasteiger partial charge in [-0.1, -0.05) is 25.3 Å². The molecule has 1 aliphatic carbocycles. The van der Waals surface area contributed by atoms with Crippen molar-refractivity contribution in [2.75, 3.05) is 19.6 Å². The summed E-state index contributed by atoms with van der Waals surface area (Å²) in [6.07, 6.45) is 8.64. The van der Waals surface area contributed by atoms with Crippen LogP contribution in [0, 0.1) is 0 Å². The molecular formula is C21H26N4O3S. The van der Waals surface area contributed by atoms with Crippen LogP contribution in [0.25, 0.3) is 0 Å². The number of pyridine rings is 1. The summed E-state index contributed by atoms with van der Waals surface area (Å²) in [6, 6.07) is 5.96. The molecule has 2 aromatic rings. The van der Waals surface area contributed by atoms with E-state index in [0.717, 1.165) is 31.4 Å². The highest BCUT2D eigenvalue weighted by atomic mass is 32.1. The molecule has 8 heteroatoms. The summed E-state index contributed by atoms with van der Waals surface area (Å²) in [5, 5.41) is 0. The van der Waals surface area contributed by atoms with E-state index in [9.17, 15) is 9.59 Å². The van der Waals surface area contributed by atoms with Crippen molar-refractivity contribution in [3.8, 4) is 0 Å². The lowest BCUT2D eigenvalue weighted by molar-refractivity contribution is -0.134. The van der Waals surface area contributed by atoms with Crippen molar-refractivity contribution in [1.29, 1.82) is 0 Å². The highest BCUT2D eigenvalue weighted by Gasteiger charge is 2.35. The van der Waals surface area contributed by atoms with Gasteiger partial charge in [0.1, 0.15) is 11.4 Å². The molecule has 0 N–H and O–H groups in total. The first kappa shape index (κ1) is 20.0. The summed E-state index contributed by atoms with van der Waals surface area (Å²) in [5.74, 6) is -0.142. The van der Waals surface area contributed by atoms with Crippen LogP contribution >= 0.6 is 11.3 Å². The van der Waals surface area contributed by atoms with E-state index in [2.05, 4.69) is 9.97 Å². The summed E-state index contributed by atoms with van der Waals surface area (Å²) in [5.41, 5.74) is 2.48. The van der Waals surface area contributed by atoms with Gasteiger partial charge in [0.05, 0.1) is 30.1 Å². The van der Waals surface area contributed by atoms with E-state index < -0.39 is 0 Å². The Bertz CT molecular complexity index is 809. The molecule has 0 aromatic carbocycles. The van der Waals surface area contributed by atoms with Crippen molar-refractivity contribution in [2.24, 2.45) is 0 Å². The third-order valence-corrected chi connectivity index (χ3v) is 6.37. The number of aromatic nitrogens is 2. The molecular weight excluding hydrogens is 388 g/mol. The van der Waals surface area contributed by atoms with Crippen LogP contribution in [0.1, 0.15) is 47.5 Å². The van der Waals surface area contributed by atoms with Gasteiger partial charge in [-0.15, -0.1) is 11.3 Å². The Balaban J connectivity index is 1.51. The van der Waals surface area contributed by atoms with Gasteiger partial charge in [0.2, 0.25) is 5.91 Å². The second-order valence-electron chi connectivity index (χ2n) is 7.64. The van der Waals surface area contributed by atoms with Crippen molar-refractivity contribution >= 4 is 23.2 Å². The fraction of sp³-hybridized carbons (Fsp3) is 0.524. The van der Waals surface area contributed by atoms with Gasteiger partial charge >= 0.3 is 0 Å². The number of ether oxygens (including phenoxy) is 1. The van der Waals surface area contributed by atoms with Crippen LogP contribution in [-0.2, 0) is 16.1 Å². The highest BCUT2D eigenvalue weighted by Crippen LogP contribution is 2.25. The van der Waals surface area contributed by atoms with Gasteiger partial charge < -0.3 is 14.5 Å². The molecule has 0 bridgehead atoms. The lowest BCUT2D eigenvalue weighted by Gasteiger charge is -2.34. The first-order valence-electron chi connectivity index (χ1n) is 10.2. The van der Waals surface area contributed by atoms with Gasteiger partial charge in [-0.25, -0.2) is 0 Å². The monoisotopic (exact) mass is 414 g/mol. The summed E-state index contributed by atoms with van der Waals surface area (Å²) in [4.78, 5) is 38.4. The van der Waals surface area contributed by atoms with Crippen LogP contribution in [0.5, 0.6) is 0 Å². The predicted octanol–water partition coefficient (Wildman–Crippen LogP) is 2.74. The maximum absolute atomic E-state index is 13.1. The Labute approximate surface area is 174 Å². The summed E-state index contributed by atoms with van der Waals surface area (Å²) < 4.78 is 6.15. The molecule has 29 heavy (non-hydrogen) atoms. The second-order valence-corrected chi connectivity index (χ2v) is 8.53. The fourth-order valence-electron chi connectivity index (χ4n) is 4.11. The van der Waals surface area contributed by atoms with Gasteiger partial charge in [-0.2, -0.15) is 0 Å². The lowest BCUT2D eigenvalue weighted by atomic mass is 9.94. The minimum atomic E-state index is -0.248. The molecule has 2 aliphatic rings. The van der Waals surface area contributed by atoms with Crippen LogP contribution < -0.4 is 0 Å². The molecule has 0 spiro atoms. The third kappa shape index (κ3) is 5.00. The van der Waals surface area contributed by atoms with E-state index >= 15 is 0 Å². The fourth-order valence-corrected chi connectivity index (χ4v) is 4.70. The van der Waals surface area contributed by atoms with Gasteiger partial charge in [-0.05, 0) is 25.0 Å². The van der Waals surface area contributed by atoms with Gasteiger partial charge in [0.25, 0.3) is 5.91 Å². The molecule has 7 nitrogen and oxygen atoms in total. The van der Waals surface area contributed by atoms with Crippen molar-refractivity contribution in [3.05, 3.63) is 46.7 Å². The maximum atomic E-state index is 13.1. The Morgan fingerprint density at radius 3 is 2.79 bits per heavy atom. The van der Waals surface area contributed by atoms with Crippen LogP contribution in [0.4, 0.5) is 0 Å². The maximum Gasteiger partial charge on any atom is 0.266 e. The average Bonchev–Trinajstić information content (AvgIpc) is 3.24. The molecule has 1 aliphatic heterocycles. The number of carbonyl (C=O) groups is 2. The molecule has 2 fully saturated rings. The van der Waals surface area contributed by atoms with Crippen molar-refractivity contribution in [1.82, 2.24) is 19.8 Å². The number of hydrogen-bond donors (Lipinski definition) is 0. The molecule has 2 aromatic heterocycles. The smallest absolute Gasteiger partial charge is 0.266 e. The zero-order valence-corrected chi connectivity index (χ0v) is 17.2. The zero-order chi connectivity index (χ0) is 20.1. The molecule has 1 saturated heterocycles. The summed E-state index contributed by atoms with van der Waals surface area (Å²) in [7, 11) is 0. The van der Waals surface area contributed by atoms with Crippen molar-refractivity contribution < 1.29 is 14.3 Å². The zero-order valence-electron chi connectivity index (χ0n) is 16.4. The molecule has 0 unspecified atom stereocenters. The molecule has 4 rings (SSSR count). The second kappa shape index (κ2) is 9.45. The number of amides is 2. The quantitative estimate of drug-likeness (QED) is 0.752. The number of hydrogen-bond acceptors (Lipinski definition) is 6. The Hall–Kier alpha value is -2.32. The lowest BCUT2D eigenvalue weighted by Crippen LogP contribution is -2.46. The minimum absolute atomic E-state index is 0.0127. The van der Waals surface area contributed by atoms with Crippen LogP contribution in [0.3, 0.4) is 0 Å². The van der Waals surface area contributed by atoms with E-state index in [4.69, 9.17) is 4.74 Å². The normalized spacial score (nSPS) is 21.2. The van der Waals surface area contributed by atoms with E-state index in [1.807, 2.05) is 23.1 Å². The molecule has 1 atom stereocenters. The molecule has 2 amide bonds. The Morgan fingerprint density at radius 2 is 2.07 bits per heavy atom. The molecule has 154 valence electrons. The van der Waals surface area contributed by atoms with E-state index in [1.165, 1.54) is 17.8 Å². The number of rotatable bonds is 5. The van der Waals surface area contributed by atoms with Gasteiger partial charge in [0.15, 0.2) is 0 Å². The highest BCUT2D eigenvalue weighted by molar-refractivity contribution is 7.11. The van der Waals surface area contributed by atoms with E-state index in [-0.39, 0.29) is 30.5 Å². The largest absolute Gasteiger partial charge is 0.368 e. The Kier molecular flexibility index (Phi) is 6.51. The molecule has 1 saturated carbocycles. The summed E-state index contributed by atoms with van der Waals surface area (Å²) in [6.45, 7) is 1.36. The Morgan fingerprint density at radius 1 is 1.21 bits per heavy atom. The van der Waals surface area contributed by atoms with Gasteiger partial charge in [-0.3, -0.25) is 19.6 Å². The first-order chi connectivity index (χ1) is 14.2. The third-order valence-electron chi connectivity index (χ3n) is 5.61. The number of nitrogens with zero attached hydrogens (tertiary/aromatic N) is 4. The first-order valence-corrected chi connectivity index (χ1v) is 11.1. The number of thiazole rings is 1. The average molecular weight is 415 g/mol. The standard InChI is InChI=1S/C21H26N4O3S/c26-20-13-24(21(27)19-10-22-15-29-19)11-18(28-14-16-6-4-5-9-23-16)12-25(20)17-7-2-1-3-8-17/h4-6,9-10,15,17-18H,1-3,7-8,11-14H2/t18-/m0/s1. The molecule has 3 heterocycles. The van der Waals surface area contributed by atoms with Crippen molar-refractivity contribution in [2.45, 2.75) is 50.9 Å².